The summed E-state index contributed by atoms with van der Waals surface area (Å²) in [4.78, 5) is 0. The van der Waals surface area contributed by atoms with Crippen molar-refractivity contribution >= 4 is 0 Å². The van der Waals surface area contributed by atoms with Gasteiger partial charge in [0.2, 0.25) is 0 Å². The fourth-order valence-electron chi connectivity index (χ4n) is 0.772. The van der Waals surface area contributed by atoms with E-state index < -0.39 is 37.6 Å². The Balaban J connectivity index is 4.14. The Morgan fingerprint density at radius 2 is 1.44 bits per heavy atom. The molecule has 0 saturated heterocycles. The van der Waals surface area contributed by atoms with Crippen molar-refractivity contribution in [2.24, 2.45) is 0 Å². The number of alkyl halides is 6. The van der Waals surface area contributed by atoms with Crippen molar-refractivity contribution in [2.45, 2.75) is 25.2 Å². The molecule has 0 aromatic rings. The minimum absolute atomic E-state index is 0.0334. The lowest BCUT2D eigenvalue weighted by atomic mass is 10.6. The van der Waals surface area contributed by atoms with Crippen molar-refractivity contribution < 1.29 is 44.9 Å². The number of hydrogen-bond donors (Lipinski definition) is 0. The average Bonchev–Trinajstić information content (AvgIpc) is 1.93. The first-order valence-electron chi connectivity index (χ1n) is 4.28. The molecule has 0 aliphatic heterocycles. The topological polar surface area (TPSA) is 27.7 Å². The third kappa shape index (κ3) is 9.05. The monoisotopic (exact) mass is 286 g/mol. The van der Waals surface area contributed by atoms with Gasteiger partial charge in [-0.25, -0.2) is 0 Å². The van der Waals surface area contributed by atoms with Crippen LogP contribution in [0.1, 0.15) is 6.92 Å². The summed E-state index contributed by atoms with van der Waals surface area (Å²) in [6.45, 7) is -1.29. The van der Waals surface area contributed by atoms with Gasteiger partial charge in [-0.2, -0.15) is 30.7 Å². The second-order valence-corrected chi connectivity index (χ2v) is 3.13. The molecular formula is C8H9F7O3. The van der Waals surface area contributed by atoms with Crippen LogP contribution >= 0.6 is 0 Å². The van der Waals surface area contributed by atoms with E-state index in [9.17, 15) is 30.7 Å². The predicted molar refractivity (Wildman–Crippen MR) is 43.8 cm³/mol. The van der Waals surface area contributed by atoms with Crippen LogP contribution in [0.4, 0.5) is 30.7 Å². The average molecular weight is 286 g/mol. The van der Waals surface area contributed by atoms with Crippen LogP contribution in [0.2, 0.25) is 0 Å². The summed E-state index contributed by atoms with van der Waals surface area (Å²) in [5.41, 5.74) is 0. The zero-order valence-corrected chi connectivity index (χ0v) is 8.99. The smallest absolute Gasteiger partial charge is 0.405 e. The van der Waals surface area contributed by atoms with Gasteiger partial charge in [0.1, 0.15) is 6.61 Å². The maximum Gasteiger partial charge on any atom is 0.423 e. The number of halogens is 7. The molecule has 0 aromatic carbocycles. The van der Waals surface area contributed by atoms with E-state index in [1.54, 1.807) is 0 Å². The van der Waals surface area contributed by atoms with Crippen LogP contribution < -0.4 is 0 Å². The molecule has 0 heterocycles. The second kappa shape index (κ2) is 5.74. The lowest BCUT2D eigenvalue weighted by Crippen LogP contribution is -2.37. The Morgan fingerprint density at radius 3 is 1.83 bits per heavy atom. The third-order valence-corrected chi connectivity index (χ3v) is 1.13. The van der Waals surface area contributed by atoms with E-state index in [1.807, 2.05) is 0 Å². The van der Waals surface area contributed by atoms with Gasteiger partial charge in [-0.3, -0.25) is 4.74 Å². The van der Waals surface area contributed by atoms with Crippen molar-refractivity contribution in [1.82, 2.24) is 0 Å². The van der Waals surface area contributed by atoms with Gasteiger partial charge in [0.15, 0.2) is 6.61 Å². The van der Waals surface area contributed by atoms with Crippen LogP contribution in [0.5, 0.6) is 0 Å². The summed E-state index contributed by atoms with van der Waals surface area (Å²) in [6, 6.07) is -1.85. The number of hydrogen-bond acceptors (Lipinski definition) is 3. The second-order valence-electron chi connectivity index (χ2n) is 3.13. The SMILES string of the molecule is C=C(F)OC(F)(F)COCC(F)(F)OC(C)(F)F. The van der Waals surface area contributed by atoms with Gasteiger partial charge in [-0.1, -0.05) is 0 Å². The van der Waals surface area contributed by atoms with Crippen LogP contribution in [0.15, 0.2) is 12.6 Å². The Kier molecular flexibility index (Phi) is 5.41. The van der Waals surface area contributed by atoms with Gasteiger partial charge in [0, 0.05) is 6.92 Å². The quantitative estimate of drug-likeness (QED) is 0.506. The summed E-state index contributed by atoms with van der Waals surface area (Å²) in [5.74, 6) is 0. The molecule has 0 aliphatic rings. The van der Waals surface area contributed by atoms with E-state index in [1.165, 1.54) is 0 Å². The van der Waals surface area contributed by atoms with E-state index >= 15 is 0 Å². The fourth-order valence-corrected chi connectivity index (χ4v) is 0.772. The van der Waals surface area contributed by atoms with Crippen molar-refractivity contribution in [3.63, 3.8) is 0 Å². The Morgan fingerprint density at radius 1 is 1.00 bits per heavy atom. The van der Waals surface area contributed by atoms with Crippen molar-refractivity contribution in [3.8, 4) is 0 Å². The Labute approximate surface area is 97.1 Å². The van der Waals surface area contributed by atoms with E-state index in [0.717, 1.165) is 0 Å². The first-order valence-corrected chi connectivity index (χ1v) is 4.28. The Hall–Kier alpha value is -1.03. The molecule has 0 N–H and O–H groups in total. The molecule has 108 valence electrons. The standard InChI is InChI=1S/C8H9F7O3/c1-5(9)17-7(12,13)3-16-4-8(14,15)18-6(2,10)11/h1,3-4H2,2H3. The largest absolute Gasteiger partial charge is 0.423 e. The molecule has 0 fully saturated rings. The van der Waals surface area contributed by atoms with Crippen LogP contribution in [0.3, 0.4) is 0 Å². The molecule has 0 unspecified atom stereocenters. The fraction of sp³-hybridized carbons (Fsp3) is 0.750. The van der Waals surface area contributed by atoms with Gasteiger partial charge in [0.05, 0.1) is 0 Å². The molecule has 18 heavy (non-hydrogen) atoms. The lowest BCUT2D eigenvalue weighted by Gasteiger charge is -2.22. The first kappa shape index (κ1) is 17.0. The molecule has 0 rings (SSSR count). The van der Waals surface area contributed by atoms with Crippen molar-refractivity contribution in [2.75, 3.05) is 13.2 Å². The molecule has 0 aromatic heterocycles. The summed E-state index contributed by atoms with van der Waals surface area (Å²) < 4.78 is 96.0. The minimum Gasteiger partial charge on any atom is -0.405 e. The normalized spacial score (nSPS) is 13.6. The molecule has 0 aliphatic carbocycles. The van der Waals surface area contributed by atoms with E-state index in [0.29, 0.717) is 0 Å². The maximum atomic E-state index is 12.6. The summed E-state index contributed by atoms with van der Waals surface area (Å²) >= 11 is 0. The van der Waals surface area contributed by atoms with Gasteiger partial charge in [0.25, 0.3) is 6.01 Å². The zero-order valence-electron chi connectivity index (χ0n) is 8.99. The highest BCUT2D eigenvalue weighted by Gasteiger charge is 2.42. The molecule has 10 heteroatoms. The van der Waals surface area contributed by atoms with Crippen LogP contribution in [-0.4, -0.2) is 31.5 Å². The molecule has 0 radical (unpaired) electrons. The number of rotatable bonds is 8. The summed E-state index contributed by atoms with van der Waals surface area (Å²) in [7, 11) is 0. The van der Waals surface area contributed by atoms with Gasteiger partial charge < -0.3 is 9.47 Å². The Bertz CT molecular complexity index is 287. The van der Waals surface area contributed by atoms with E-state index in [4.69, 9.17) is 0 Å². The molecule has 0 atom stereocenters. The molecular weight excluding hydrogens is 277 g/mol. The van der Waals surface area contributed by atoms with Crippen LogP contribution in [0, 0.1) is 0 Å². The minimum atomic E-state index is -4.49. The van der Waals surface area contributed by atoms with Crippen LogP contribution in [-0.2, 0) is 14.2 Å². The van der Waals surface area contributed by atoms with Gasteiger partial charge >= 0.3 is 18.3 Å². The van der Waals surface area contributed by atoms with E-state index in [2.05, 4.69) is 20.8 Å². The molecule has 0 saturated carbocycles. The molecule has 3 nitrogen and oxygen atoms in total. The van der Waals surface area contributed by atoms with Crippen molar-refractivity contribution in [3.05, 3.63) is 12.6 Å². The van der Waals surface area contributed by atoms with Gasteiger partial charge in [-0.15, -0.1) is 0 Å². The van der Waals surface area contributed by atoms with E-state index in [-0.39, 0.29) is 6.92 Å². The molecule has 0 amide bonds. The summed E-state index contributed by atoms with van der Waals surface area (Å²) in [6.07, 6.45) is -12.9. The summed E-state index contributed by atoms with van der Waals surface area (Å²) in [5, 5.41) is 0. The highest BCUT2D eigenvalue weighted by Crippen LogP contribution is 2.27. The van der Waals surface area contributed by atoms with Gasteiger partial charge in [-0.05, 0) is 6.58 Å². The lowest BCUT2D eigenvalue weighted by molar-refractivity contribution is -0.382. The van der Waals surface area contributed by atoms with Crippen LogP contribution in [0.25, 0.3) is 0 Å². The number of ether oxygens (including phenoxy) is 3. The highest BCUT2D eigenvalue weighted by molar-refractivity contribution is 4.68. The first-order chi connectivity index (χ1) is 7.83. The highest BCUT2D eigenvalue weighted by atomic mass is 19.3. The molecule has 0 bridgehead atoms. The predicted octanol–water partition coefficient (Wildman–Crippen LogP) is 3.28. The molecule has 0 spiro atoms. The third-order valence-electron chi connectivity index (χ3n) is 1.13. The maximum absolute atomic E-state index is 12.6. The zero-order chi connectivity index (χ0) is 14.6. The van der Waals surface area contributed by atoms with Crippen molar-refractivity contribution in [1.29, 1.82) is 0 Å².